The van der Waals surface area contributed by atoms with Crippen molar-refractivity contribution >= 4 is 11.9 Å². The normalized spacial score (nSPS) is 12.5. The van der Waals surface area contributed by atoms with Crippen LogP contribution in [0.25, 0.3) is 0 Å². The Hall–Kier alpha value is -1.84. The third-order valence-corrected chi connectivity index (χ3v) is 9.83. The Labute approximate surface area is 311 Å². The number of carbonyl (C=O) groups is 2. The molecule has 0 aromatic carbocycles. The Kier molecular flexibility index (Phi) is 40.0. The number of allylic oxidation sites excluding steroid dienone is 6. The molecule has 1 unspecified atom stereocenters. The average Bonchev–Trinajstić information content (AvgIpc) is 3.10. The minimum Gasteiger partial charge on any atom is -0.481 e. The van der Waals surface area contributed by atoms with Crippen LogP contribution in [0.2, 0.25) is 0 Å². The molecule has 0 saturated carbocycles. The number of aliphatic carboxylic acids is 1. The van der Waals surface area contributed by atoms with E-state index in [-0.39, 0.29) is 18.5 Å². The average molecular weight is 701 g/mol. The lowest BCUT2D eigenvalue weighted by Crippen LogP contribution is -2.18. The van der Waals surface area contributed by atoms with Crippen LogP contribution in [-0.4, -0.2) is 23.1 Å². The van der Waals surface area contributed by atoms with Gasteiger partial charge in [-0.3, -0.25) is 9.59 Å². The first kappa shape index (κ1) is 48.2. The number of carboxylic acid groups (broad SMARTS) is 1. The Bertz CT molecular complexity index is 798. The monoisotopic (exact) mass is 701 g/mol. The van der Waals surface area contributed by atoms with Crippen molar-refractivity contribution in [1.29, 1.82) is 0 Å². The molecule has 1 N–H and O–H groups in total. The number of hydrogen-bond donors (Lipinski definition) is 1. The first-order valence-corrected chi connectivity index (χ1v) is 22.0. The van der Waals surface area contributed by atoms with Crippen LogP contribution >= 0.6 is 0 Å². The molecular weight excluding hydrogens is 617 g/mol. The molecule has 0 amide bonds. The smallest absolute Gasteiger partial charge is 0.306 e. The van der Waals surface area contributed by atoms with Crippen LogP contribution in [0.15, 0.2) is 36.5 Å². The molecule has 0 saturated heterocycles. The van der Waals surface area contributed by atoms with Crippen molar-refractivity contribution in [1.82, 2.24) is 0 Å². The highest BCUT2D eigenvalue weighted by molar-refractivity contribution is 5.69. The molecular formula is C46H84O4. The van der Waals surface area contributed by atoms with E-state index in [4.69, 9.17) is 9.84 Å². The highest BCUT2D eigenvalue weighted by atomic mass is 16.5. The van der Waals surface area contributed by atoms with Gasteiger partial charge in [0.2, 0.25) is 0 Å². The summed E-state index contributed by atoms with van der Waals surface area (Å²) in [5.41, 5.74) is 0. The van der Waals surface area contributed by atoms with Crippen LogP contribution in [0.1, 0.15) is 239 Å². The topological polar surface area (TPSA) is 63.6 Å². The minimum atomic E-state index is -0.702. The lowest BCUT2D eigenvalue weighted by molar-refractivity contribution is -0.150. The Morgan fingerprint density at radius 2 is 0.780 bits per heavy atom. The second kappa shape index (κ2) is 41.6. The molecule has 4 nitrogen and oxygen atoms in total. The molecule has 0 bridgehead atoms. The van der Waals surface area contributed by atoms with E-state index in [9.17, 15) is 9.59 Å². The van der Waals surface area contributed by atoms with E-state index in [0.717, 1.165) is 77.0 Å². The molecule has 0 aromatic heterocycles. The van der Waals surface area contributed by atoms with Gasteiger partial charge in [0.15, 0.2) is 0 Å². The molecule has 292 valence electrons. The van der Waals surface area contributed by atoms with Crippen LogP contribution < -0.4 is 0 Å². The standard InChI is InChI=1S/C46H84O4/c1-3-5-7-9-11-13-15-17-19-20-22-24-26-28-30-35-39-43-46(49)50-44(41-37-33-31-34-38-42-45(47)48)40-36-32-29-27-25-23-21-18-16-14-12-10-8-6-4-2/h11,13,17,19,23,25,44H,3-10,12,14-16,18,20-22,24,26-43H2,1-2H3,(H,47,48)/b13-11-,19-17-,25-23-. The maximum atomic E-state index is 12.7. The number of carboxylic acids is 1. The molecule has 0 rings (SSSR count). The van der Waals surface area contributed by atoms with Gasteiger partial charge >= 0.3 is 11.9 Å². The maximum absolute atomic E-state index is 12.7. The maximum Gasteiger partial charge on any atom is 0.306 e. The first-order valence-electron chi connectivity index (χ1n) is 22.0. The van der Waals surface area contributed by atoms with E-state index in [0.29, 0.717) is 6.42 Å². The molecule has 50 heavy (non-hydrogen) atoms. The van der Waals surface area contributed by atoms with E-state index in [2.05, 4.69) is 50.3 Å². The molecule has 0 radical (unpaired) electrons. The fraction of sp³-hybridized carbons (Fsp3) is 0.826. The van der Waals surface area contributed by atoms with Crippen LogP contribution in [0.5, 0.6) is 0 Å². The van der Waals surface area contributed by atoms with Crippen molar-refractivity contribution in [3.8, 4) is 0 Å². The molecule has 0 heterocycles. The zero-order chi connectivity index (χ0) is 36.4. The molecule has 0 fully saturated rings. The highest BCUT2D eigenvalue weighted by Crippen LogP contribution is 2.18. The Morgan fingerprint density at radius 1 is 0.440 bits per heavy atom. The number of unbranched alkanes of at least 4 members (excludes halogenated alkanes) is 25. The summed E-state index contributed by atoms with van der Waals surface area (Å²) in [6.45, 7) is 4.53. The lowest BCUT2D eigenvalue weighted by atomic mass is 10.0. The zero-order valence-corrected chi connectivity index (χ0v) is 33.5. The Balaban J connectivity index is 4.05. The minimum absolute atomic E-state index is 0.0112. The molecule has 0 aliphatic rings. The van der Waals surface area contributed by atoms with Crippen LogP contribution in [0, 0.1) is 0 Å². The SMILES string of the molecule is CCCCC/C=C\C/C=C\CCCCCCCCCC(=O)OC(CCCCC/C=C\CCCCCCCCCC)CCCCCCCC(=O)O. The summed E-state index contributed by atoms with van der Waals surface area (Å²) >= 11 is 0. The first-order chi connectivity index (χ1) is 24.6. The fourth-order valence-electron chi connectivity index (χ4n) is 6.56. The zero-order valence-electron chi connectivity index (χ0n) is 33.5. The fourth-order valence-corrected chi connectivity index (χ4v) is 6.56. The van der Waals surface area contributed by atoms with Crippen LogP contribution in [0.4, 0.5) is 0 Å². The summed E-state index contributed by atoms with van der Waals surface area (Å²) in [5.74, 6) is -0.714. The van der Waals surface area contributed by atoms with E-state index in [1.165, 1.54) is 135 Å². The molecule has 4 heteroatoms. The molecule has 1 atom stereocenters. The van der Waals surface area contributed by atoms with Crippen LogP contribution in [-0.2, 0) is 14.3 Å². The van der Waals surface area contributed by atoms with Gasteiger partial charge in [0.25, 0.3) is 0 Å². The van der Waals surface area contributed by atoms with E-state index < -0.39 is 5.97 Å². The highest BCUT2D eigenvalue weighted by Gasteiger charge is 2.14. The number of carbonyl (C=O) groups excluding carboxylic acids is 1. The summed E-state index contributed by atoms with van der Waals surface area (Å²) < 4.78 is 6.02. The lowest BCUT2D eigenvalue weighted by Gasteiger charge is -2.18. The second-order valence-electron chi connectivity index (χ2n) is 14.9. The van der Waals surface area contributed by atoms with Gasteiger partial charge in [-0.1, -0.05) is 166 Å². The summed E-state index contributed by atoms with van der Waals surface area (Å²) in [4.78, 5) is 23.5. The van der Waals surface area contributed by atoms with Crippen molar-refractivity contribution in [2.75, 3.05) is 0 Å². The Morgan fingerprint density at radius 3 is 1.26 bits per heavy atom. The third-order valence-electron chi connectivity index (χ3n) is 9.83. The van der Waals surface area contributed by atoms with Gasteiger partial charge in [-0.2, -0.15) is 0 Å². The number of esters is 1. The number of rotatable bonds is 40. The summed E-state index contributed by atoms with van der Waals surface area (Å²) in [7, 11) is 0. The van der Waals surface area contributed by atoms with E-state index >= 15 is 0 Å². The second-order valence-corrected chi connectivity index (χ2v) is 14.9. The molecule has 0 spiro atoms. The van der Waals surface area contributed by atoms with Gasteiger partial charge < -0.3 is 9.84 Å². The van der Waals surface area contributed by atoms with E-state index in [1.807, 2.05) is 0 Å². The van der Waals surface area contributed by atoms with Gasteiger partial charge in [0.05, 0.1) is 0 Å². The van der Waals surface area contributed by atoms with Crippen molar-refractivity contribution in [2.24, 2.45) is 0 Å². The van der Waals surface area contributed by atoms with Crippen molar-refractivity contribution in [3.63, 3.8) is 0 Å². The van der Waals surface area contributed by atoms with Gasteiger partial charge in [0, 0.05) is 12.8 Å². The van der Waals surface area contributed by atoms with Crippen molar-refractivity contribution < 1.29 is 19.4 Å². The van der Waals surface area contributed by atoms with Gasteiger partial charge in [-0.25, -0.2) is 0 Å². The van der Waals surface area contributed by atoms with E-state index in [1.54, 1.807) is 0 Å². The van der Waals surface area contributed by atoms with Crippen LogP contribution in [0.3, 0.4) is 0 Å². The van der Waals surface area contributed by atoms with Gasteiger partial charge in [-0.05, 0) is 96.3 Å². The molecule has 0 aliphatic heterocycles. The summed E-state index contributed by atoms with van der Waals surface area (Å²) in [6, 6.07) is 0. The third kappa shape index (κ3) is 40.6. The number of ether oxygens (including phenoxy) is 1. The summed E-state index contributed by atoms with van der Waals surface area (Å²) in [5, 5.41) is 8.84. The largest absolute Gasteiger partial charge is 0.481 e. The summed E-state index contributed by atoms with van der Waals surface area (Å²) in [6.07, 6.45) is 54.5. The number of hydrogen-bond acceptors (Lipinski definition) is 3. The quantitative estimate of drug-likeness (QED) is 0.0393. The predicted octanol–water partition coefficient (Wildman–Crippen LogP) is 15.3. The molecule has 0 aromatic rings. The van der Waals surface area contributed by atoms with Crippen molar-refractivity contribution in [3.05, 3.63) is 36.5 Å². The van der Waals surface area contributed by atoms with Crippen molar-refractivity contribution in [2.45, 2.75) is 245 Å². The predicted molar refractivity (Wildman–Crippen MR) is 218 cm³/mol. The van der Waals surface area contributed by atoms with Gasteiger partial charge in [-0.15, -0.1) is 0 Å². The molecule has 0 aliphatic carbocycles. The van der Waals surface area contributed by atoms with Gasteiger partial charge in [0.1, 0.15) is 6.10 Å².